The summed E-state index contributed by atoms with van der Waals surface area (Å²) in [7, 11) is 1.62. The Morgan fingerprint density at radius 1 is 1.14 bits per heavy atom. The molecular formula is C17H20N2O2. The molecule has 3 N–H and O–H groups in total. The summed E-state index contributed by atoms with van der Waals surface area (Å²) in [4.78, 5) is 12.2. The fraction of sp³-hybridized carbons (Fsp3) is 0.235. The van der Waals surface area contributed by atoms with Gasteiger partial charge in [-0.1, -0.05) is 48.5 Å². The van der Waals surface area contributed by atoms with Crippen molar-refractivity contribution in [3.63, 3.8) is 0 Å². The Morgan fingerprint density at radius 3 is 2.52 bits per heavy atom. The lowest BCUT2D eigenvalue weighted by atomic mass is 10.1. The maximum absolute atomic E-state index is 12.2. The average Bonchev–Trinajstić information content (AvgIpc) is 2.50. The minimum Gasteiger partial charge on any atom is -0.380 e. The summed E-state index contributed by atoms with van der Waals surface area (Å²) in [5.41, 5.74) is 8.70. The van der Waals surface area contributed by atoms with Crippen molar-refractivity contribution in [1.82, 2.24) is 0 Å². The maximum Gasteiger partial charge on any atom is 0.241 e. The van der Waals surface area contributed by atoms with Crippen LogP contribution in [0.2, 0.25) is 0 Å². The first kappa shape index (κ1) is 15.2. The molecule has 0 aliphatic carbocycles. The van der Waals surface area contributed by atoms with Crippen molar-refractivity contribution >= 4 is 11.6 Å². The second kappa shape index (κ2) is 7.57. The molecule has 110 valence electrons. The van der Waals surface area contributed by atoms with Crippen LogP contribution in [0, 0.1) is 0 Å². The van der Waals surface area contributed by atoms with Gasteiger partial charge in [-0.05, 0) is 18.1 Å². The van der Waals surface area contributed by atoms with Gasteiger partial charge in [0.05, 0.1) is 12.6 Å². The maximum atomic E-state index is 12.2. The molecule has 0 aromatic heterocycles. The number of amides is 1. The first-order valence-electron chi connectivity index (χ1n) is 6.88. The van der Waals surface area contributed by atoms with E-state index in [1.54, 1.807) is 7.11 Å². The molecule has 4 heteroatoms. The summed E-state index contributed by atoms with van der Waals surface area (Å²) in [6.07, 6.45) is 0.513. The van der Waals surface area contributed by atoms with Crippen LogP contribution in [0.25, 0.3) is 0 Å². The van der Waals surface area contributed by atoms with Crippen LogP contribution in [-0.4, -0.2) is 19.1 Å². The Balaban J connectivity index is 2.01. The number of hydrogen-bond donors (Lipinski definition) is 2. The topological polar surface area (TPSA) is 64.3 Å². The SMILES string of the molecule is COCc1ccccc1NC(=O)C(N)Cc1ccccc1. The van der Waals surface area contributed by atoms with Crippen LogP contribution in [0.1, 0.15) is 11.1 Å². The molecule has 2 rings (SSSR count). The molecule has 0 saturated heterocycles. The molecule has 0 aliphatic rings. The highest BCUT2D eigenvalue weighted by atomic mass is 16.5. The summed E-state index contributed by atoms with van der Waals surface area (Å²) >= 11 is 0. The zero-order valence-corrected chi connectivity index (χ0v) is 12.1. The van der Waals surface area contributed by atoms with E-state index >= 15 is 0 Å². The van der Waals surface area contributed by atoms with Gasteiger partial charge in [0.15, 0.2) is 0 Å². The minimum absolute atomic E-state index is 0.192. The first-order valence-corrected chi connectivity index (χ1v) is 6.88. The van der Waals surface area contributed by atoms with E-state index in [2.05, 4.69) is 5.32 Å². The van der Waals surface area contributed by atoms with Gasteiger partial charge >= 0.3 is 0 Å². The number of ether oxygens (including phenoxy) is 1. The molecule has 0 fully saturated rings. The van der Waals surface area contributed by atoms with Crippen molar-refractivity contribution in [1.29, 1.82) is 0 Å². The third kappa shape index (κ3) is 4.41. The number of anilines is 1. The van der Waals surface area contributed by atoms with E-state index in [0.717, 1.165) is 16.8 Å². The normalized spacial score (nSPS) is 11.9. The van der Waals surface area contributed by atoms with E-state index in [4.69, 9.17) is 10.5 Å². The number of nitrogens with two attached hydrogens (primary N) is 1. The van der Waals surface area contributed by atoms with Gasteiger partial charge < -0.3 is 15.8 Å². The predicted octanol–water partition coefficient (Wildman–Crippen LogP) is 2.34. The Kier molecular flexibility index (Phi) is 5.49. The molecule has 0 spiro atoms. The lowest BCUT2D eigenvalue weighted by molar-refractivity contribution is -0.117. The zero-order chi connectivity index (χ0) is 15.1. The van der Waals surface area contributed by atoms with Crippen LogP contribution in [0.5, 0.6) is 0 Å². The lowest BCUT2D eigenvalue weighted by Gasteiger charge is -2.14. The molecule has 1 unspecified atom stereocenters. The second-order valence-corrected chi connectivity index (χ2v) is 4.88. The van der Waals surface area contributed by atoms with Crippen molar-refractivity contribution in [2.75, 3.05) is 12.4 Å². The number of carbonyl (C=O) groups excluding carboxylic acids is 1. The summed E-state index contributed by atoms with van der Waals surface area (Å²) in [5, 5.41) is 2.87. The van der Waals surface area contributed by atoms with Gasteiger partial charge in [-0.3, -0.25) is 4.79 Å². The van der Waals surface area contributed by atoms with E-state index < -0.39 is 6.04 Å². The Morgan fingerprint density at radius 2 is 1.81 bits per heavy atom. The highest BCUT2D eigenvalue weighted by Gasteiger charge is 2.15. The van der Waals surface area contributed by atoms with Gasteiger partial charge in [0.2, 0.25) is 5.91 Å². The largest absolute Gasteiger partial charge is 0.380 e. The average molecular weight is 284 g/mol. The predicted molar refractivity (Wildman–Crippen MR) is 83.9 cm³/mol. The van der Waals surface area contributed by atoms with E-state index in [1.807, 2.05) is 54.6 Å². The lowest BCUT2D eigenvalue weighted by Crippen LogP contribution is -2.37. The van der Waals surface area contributed by atoms with E-state index in [1.165, 1.54) is 0 Å². The number of hydrogen-bond acceptors (Lipinski definition) is 3. The van der Waals surface area contributed by atoms with Gasteiger partial charge in [0.25, 0.3) is 0 Å². The van der Waals surface area contributed by atoms with Gasteiger partial charge in [-0.15, -0.1) is 0 Å². The first-order chi connectivity index (χ1) is 10.2. The van der Waals surface area contributed by atoms with Crippen LogP contribution < -0.4 is 11.1 Å². The third-order valence-electron chi connectivity index (χ3n) is 3.21. The number of carbonyl (C=O) groups is 1. The summed E-state index contributed by atoms with van der Waals surface area (Å²) < 4.78 is 5.12. The van der Waals surface area contributed by atoms with Crippen molar-refractivity contribution < 1.29 is 9.53 Å². The summed E-state index contributed by atoms with van der Waals surface area (Å²) in [6.45, 7) is 0.449. The molecule has 0 radical (unpaired) electrons. The van der Waals surface area contributed by atoms with Crippen LogP contribution in [0.15, 0.2) is 54.6 Å². The van der Waals surface area contributed by atoms with E-state index in [9.17, 15) is 4.79 Å². The van der Waals surface area contributed by atoms with E-state index in [-0.39, 0.29) is 5.91 Å². The fourth-order valence-electron chi connectivity index (χ4n) is 2.11. The van der Waals surface area contributed by atoms with Gasteiger partial charge in [-0.2, -0.15) is 0 Å². The number of methoxy groups -OCH3 is 1. The number of nitrogens with one attached hydrogen (secondary N) is 1. The highest BCUT2D eigenvalue weighted by molar-refractivity contribution is 5.95. The van der Waals surface area contributed by atoms with Crippen molar-refractivity contribution in [3.8, 4) is 0 Å². The van der Waals surface area contributed by atoms with Crippen molar-refractivity contribution in [2.45, 2.75) is 19.1 Å². The minimum atomic E-state index is -0.581. The molecule has 2 aromatic rings. The van der Waals surface area contributed by atoms with Crippen LogP contribution >= 0.6 is 0 Å². The smallest absolute Gasteiger partial charge is 0.241 e. The van der Waals surface area contributed by atoms with Crippen LogP contribution in [-0.2, 0) is 22.6 Å². The third-order valence-corrected chi connectivity index (χ3v) is 3.21. The number of para-hydroxylation sites is 1. The molecule has 1 amide bonds. The Bertz CT molecular complexity index is 584. The number of benzene rings is 2. The second-order valence-electron chi connectivity index (χ2n) is 4.88. The highest BCUT2D eigenvalue weighted by Crippen LogP contribution is 2.16. The Labute approximate surface area is 124 Å². The van der Waals surface area contributed by atoms with Crippen molar-refractivity contribution in [3.05, 3.63) is 65.7 Å². The van der Waals surface area contributed by atoms with E-state index in [0.29, 0.717) is 13.0 Å². The molecule has 0 bridgehead atoms. The molecule has 21 heavy (non-hydrogen) atoms. The zero-order valence-electron chi connectivity index (χ0n) is 12.1. The van der Waals surface area contributed by atoms with Crippen molar-refractivity contribution in [2.24, 2.45) is 5.73 Å². The monoisotopic (exact) mass is 284 g/mol. The number of rotatable bonds is 6. The van der Waals surface area contributed by atoms with Crippen LogP contribution in [0.4, 0.5) is 5.69 Å². The molecular weight excluding hydrogens is 264 g/mol. The molecule has 4 nitrogen and oxygen atoms in total. The molecule has 2 aromatic carbocycles. The molecule has 0 saturated carbocycles. The Hall–Kier alpha value is -2.17. The fourth-order valence-corrected chi connectivity index (χ4v) is 2.11. The summed E-state index contributed by atoms with van der Waals surface area (Å²) in [6, 6.07) is 16.7. The molecule has 0 aliphatic heterocycles. The standard InChI is InChI=1S/C17H20N2O2/c1-21-12-14-9-5-6-10-16(14)19-17(20)15(18)11-13-7-3-2-4-8-13/h2-10,15H,11-12,18H2,1H3,(H,19,20). The molecule has 1 atom stereocenters. The quantitative estimate of drug-likeness (QED) is 0.855. The van der Waals surface area contributed by atoms with Gasteiger partial charge in [0, 0.05) is 18.4 Å². The van der Waals surface area contributed by atoms with Crippen LogP contribution in [0.3, 0.4) is 0 Å². The summed E-state index contributed by atoms with van der Waals surface area (Å²) in [5.74, 6) is -0.192. The molecule has 0 heterocycles. The van der Waals surface area contributed by atoms with Gasteiger partial charge in [0.1, 0.15) is 0 Å². The van der Waals surface area contributed by atoms with Gasteiger partial charge in [-0.25, -0.2) is 0 Å².